The van der Waals surface area contributed by atoms with E-state index < -0.39 is 116 Å². The fourth-order valence-corrected chi connectivity index (χ4v) is 5.82. The number of hydrogen-bond donors (Lipinski definition) is 12. The SMILES string of the molecule is CCCN(C)C1[C@H](OC2[C@H](O[C@@H]3C(O)[C@@H](O)C(N=C(N)N)C(O)[C@@H]3N=C(N)N)O[C@@H](C)[C@@]2(O)CO)OC(CO)[C@H](O)[C@@H]1O. The summed E-state index contributed by atoms with van der Waals surface area (Å²) in [5.74, 6) is -0.999. The first kappa shape index (κ1) is 35.5. The van der Waals surface area contributed by atoms with Gasteiger partial charge in [0.25, 0.3) is 0 Å². The second kappa shape index (κ2) is 14.4. The van der Waals surface area contributed by atoms with Crippen molar-refractivity contribution in [2.45, 2.75) is 112 Å². The molecule has 0 spiro atoms. The molecule has 2 saturated heterocycles. The van der Waals surface area contributed by atoms with Crippen molar-refractivity contribution in [1.82, 2.24) is 4.90 Å². The molecule has 19 nitrogen and oxygen atoms in total. The Balaban J connectivity index is 2.00. The van der Waals surface area contributed by atoms with Gasteiger partial charge in [0.15, 0.2) is 24.5 Å². The highest BCUT2D eigenvalue weighted by Crippen LogP contribution is 2.39. The molecule has 16 N–H and O–H groups in total. The molecule has 15 atom stereocenters. The van der Waals surface area contributed by atoms with Crippen LogP contribution < -0.4 is 22.9 Å². The van der Waals surface area contributed by atoms with Crippen LogP contribution in [0.1, 0.15) is 20.3 Å². The number of nitrogens with two attached hydrogens (primary N) is 4. The summed E-state index contributed by atoms with van der Waals surface area (Å²) < 4.78 is 23.7. The van der Waals surface area contributed by atoms with Crippen molar-refractivity contribution < 1.29 is 59.8 Å². The van der Waals surface area contributed by atoms with Crippen molar-refractivity contribution >= 4 is 11.9 Å². The van der Waals surface area contributed by atoms with Gasteiger partial charge in [-0.25, -0.2) is 9.98 Å². The minimum absolute atomic E-state index is 0.435. The largest absolute Gasteiger partial charge is 0.394 e. The average molecular weight is 626 g/mol. The average Bonchev–Trinajstić information content (AvgIpc) is 3.17. The van der Waals surface area contributed by atoms with Gasteiger partial charge in [-0.1, -0.05) is 6.92 Å². The van der Waals surface area contributed by atoms with E-state index in [9.17, 15) is 40.9 Å². The lowest BCUT2D eigenvalue weighted by Crippen LogP contribution is -2.67. The normalized spacial score (nSPS) is 45.2. The molecule has 2 aliphatic heterocycles. The molecule has 2 heterocycles. The lowest BCUT2D eigenvalue weighted by molar-refractivity contribution is -0.327. The molecule has 0 radical (unpaired) electrons. The van der Waals surface area contributed by atoms with Crippen molar-refractivity contribution in [3.8, 4) is 0 Å². The van der Waals surface area contributed by atoms with E-state index in [2.05, 4.69) is 9.98 Å². The molecule has 3 fully saturated rings. The van der Waals surface area contributed by atoms with E-state index in [0.29, 0.717) is 13.0 Å². The van der Waals surface area contributed by atoms with E-state index >= 15 is 0 Å². The summed E-state index contributed by atoms with van der Waals surface area (Å²) >= 11 is 0. The van der Waals surface area contributed by atoms with Crippen LogP contribution in [0.15, 0.2) is 9.98 Å². The molecule has 3 rings (SSSR count). The van der Waals surface area contributed by atoms with Gasteiger partial charge in [-0.05, 0) is 26.9 Å². The second-order valence-electron chi connectivity index (χ2n) is 11.2. The number of guanidine groups is 2. The smallest absolute Gasteiger partial charge is 0.187 e. The predicted molar refractivity (Wildman–Crippen MR) is 148 cm³/mol. The molecule has 43 heavy (non-hydrogen) atoms. The van der Waals surface area contributed by atoms with Gasteiger partial charge >= 0.3 is 0 Å². The molecular formula is C24H47N7O12. The van der Waals surface area contributed by atoms with Gasteiger partial charge in [0.1, 0.15) is 66.5 Å². The predicted octanol–water partition coefficient (Wildman–Crippen LogP) is -7.25. The molecular weight excluding hydrogens is 578 g/mol. The minimum atomic E-state index is -2.15. The Morgan fingerprint density at radius 2 is 1.44 bits per heavy atom. The monoisotopic (exact) mass is 625 g/mol. The van der Waals surface area contributed by atoms with Crippen LogP contribution in [0.4, 0.5) is 0 Å². The number of likely N-dealkylation sites (N-methyl/N-ethyl adjacent to an activating group) is 1. The Labute approximate surface area is 248 Å². The maximum atomic E-state index is 11.5. The van der Waals surface area contributed by atoms with Crippen molar-refractivity contribution in [1.29, 1.82) is 0 Å². The maximum Gasteiger partial charge on any atom is 0.187 e. The topological polar surface area (TPSA) is 331 Å². The Hall–Kier alpha value is -1.98. The number of nitrogens with zero attached hydrogens (tertiary/aromatic N) is 3. The zero-order valence-electron chi connectivity index (χ0n) is 24.3. The highest BCUT2D eigenvalue weighted by Gasteiger charge is 2.60. The molecule has 19 heteroatoms. The number of ether oxygens (including phenoxy) is 4. The molecule has 250 valence electrons. The lowest BCUT2D eigenvalue weighted by Gasteiger charge is -2.48. The summed E-state index contributed by atoms with van der Waals surface area (Å²) in [6.07, 6.45) is -16.2. The third kappa shape index (κ3) is 7.14. The molecule has 0 aromatic rings. The molecule has 3 aliphatic rings. The third-order valence-electron chi connectivity index (χ3n) is 8.21. The van der Waals surface area contributed by atoms with Crippen LogP contribution in [0.2, 0.25) is 0 Å². The maximum absolute atomic E-state index is 11.5. The Bertz CT molecular complexity index is 975. The zero-order valence-corrected chi connectivity index (χ0v) is 24.3. The van der Waals surface area contributed by atoms with E-state index in [4.69, 9.17) is 41.9 Å². The fraction of sp³-hybridized carbons (Fsp3) is 0.917. The van der Waals surface area contributed by atoms with Gasteiger partial charge in [-0.2, -0.15) is 0 Å². The summed E-state index contributed by atoms with van der Waals surface area (Å²) in [7, 11) is 1.65. The lowest BCUT2D eigenvalue weighted by atomic mass is 9.81. The Morgan fingerprint density at radius 1 is 0.837 bits per heavy atom. The molecule has 0 bridgehead atoms. The first-order valence-electron chi connectivity index (χ1n) is 14.0. The fourth-order valence-electron chi connectivity index (χ4n) is 5.82. The van der Waals surface area contributed by atoms with Crippen LogP contribution in [-0.2, 0) is 18.9 Å². The molecule has 1 saturated carbocycles. The minimum Gasteiger partial charge on any atom is -0.394 e. The van der Waals surface area contributed by atoms with Crippen LogP contribution in [0, 0.1) is 0 Å². The summed E-state index contributed by atoms with van der Waals surface area (Å²) in [5.41, 5.74) is 19.8. The third-order valence-corrected chi connectivity index (χ3v) is 8.21. The van der Waals surface area contributed by atoms with Gasteiger partial charge in [-0.3, -0.25) is 4.90 Å². The molecule has 6 unspecified atom stereocenters. The van der Waals surface area contributed by atoms with Gasteiger partial charge in [-0.15, -0.1) is 0 Å². The van der Waals surface area contributed by atoms with Crippen molar-refractivity contribution in [2.24, 2.45) is 32.9 Å². The quantitative estimate of drug-likeness (QED) is 0.0749. The van der Waals surface area contributed by atoms with E-state index in [1.807, 2.05) is 6.92 Å². The summed E-state index contributed by atoms with van der Waals surface area (Å²) in [5, 5.41) is 85.7. The van der Waals surface area contributed by atoms with Crippen LogP contribution >= 0.6 is 0 Å². The van der Waals surface area contributed by atoms with Crippen molar-refractivity contribution in [3.05, 3.63) is 0 Å². The van der Waals surface area contributed by atoms with E-state index in [-0.39, 0.29) is 0 Å². The van der Waals surface area contributed by atoms with Gasteiger partial charge in [0.2, 0.25) is 0 Å². The van der Waals surface area contributed by atoms with Crippen LogP contribution in [0.5, 0.6) is 0 Å². The van der Waals surface area contributed by atoms with E-state index in [0.717, 1.165) is 0 Å². The molecule has 0 amide bonds. The second-order valence-corrected chi connectivity index (χ2v) is 11.2. The van der Waals surface area contributed by atoms with E-state index in [1.165, 1.54) is 6.92 Å². The van der Waals surface area contributed by atoms with Crippen LogP contribution in [0.3, 0.4) is 0 Å². The summed E-state index contributed by atoms with van der Waals surface area (Å²) in [4.78, 5) is 9.38. The number of aliphatic imine (C=N–C) groups is 2. The van der Waals surface area contributed by atoms with Gasteiger partial charge in [0, 0.05) is 0 Å². The zero-order chi connectivity index (χ0) is 32.4. The van der Waals surface area contributed by atoms with Gasteiger partial charge < -0.3 is 82.7 Å². The van der Waals surface area contributed by atoms with E-state index in [1.54, 1.807) is 11.9 Å². The van der Waals surface area contributed by atoms with Gasteiger partial charge in [0.05, 0.1) is 25.4 Å². The van der Waals surface area contributed by atoms with Crippen LogP contribution in [-0.4, -0.2) is 176 Å². The van der Waals surface area contributed by atoms with Crippen molar-refractivity contribution in [3.63, 3.8) is 0 Å². The highest BCUT2D eigenvalue weighted by molar-refractivity contribution is 5.76. The number of rotatable bonds is 11. The first-order valence-corrected chi connectivity index (χ1v) is 14.0. The summed E-state index contributed by atoms with van der Waals surface area (Å²) in [6, 6.07) is -3.94. The highest BCUT2D eigenvalue weighted by atomic mass is 16.8. The molecule has 0 aromatic carbocycles. The molecule has 0 aromatic heterocycles. The first-order chi connectivity index (χ1) is 20.1. The van der Waals surface area contributed by atoms with Crippen molar-refractivity contribution in [2.75, 3.05) is 26.8 Å². The molecule has 1 aliphatic carbocycles. The number of aliphatic hydroxyl groups is 8. The number of hydrogen-bond acceptors (Lipinski definition) is 15. The standard InChI is InChI=1S/C24H47N7O12/c1-4-5-31(3)12-16(37)13(34)9(6-32)41-20(12)43-19-21(40-8(2)24(19,39)7-33)42-18-11(30-23(27)28)14(35)10(29-22(25)26)15(36)17(18)38/h8-21,32-39H,4-7H2,1-3H3,(H4,25,26,29)(H4,27,28,30)/t8-,9?,10?,11-,12?,13-,14?,15-,16+,17?,18-,19?,20-,21-,24-/m0/s1. The summed E-state index contributed by atoms with van der Waals surface area (Å²) in [6.45, 7) is 2.16. The number of aliphatic hydroxyl groups excluding tert-OH is 7. The van der Waals surface area contributed by atoms with Crippen LogP contribution in [0.25, 0.3) is 0 Å². The Kier molecular flexibility index (Phi) is 11.9. The Morgan fingerprint density at radius 3 is 1.98 bits per heavy atom.